The second-order valence-corrected chi connectivity index (χ2v) is 8.92. The number of aromatic nitrogens is 2. The number of rotatable bonds is 6. The van der Waals surface area contributed by atoms with Crippen molar-refractivity contribution in [2.24, 2.45) is 0 Å². The van der Waals surface area contributed by atoms with Gasteiger partial charge in [-0.25, -0.2) is 4.79 Å². The first-order valence-corrected chi connectivity index (χ1v) is 12.0. The molecule has 0 saturated carbocycles. The average molecular weight is 519 g/mol. The molecule has 0 amide bonds. The number of benzene rings is 2. The van der Waals surface area contributed by atoms with Crippen LogP contribution in [0, 0.1) is 0 Å². The molecule has 1 aliphatic rings. The molecule has 1 fully saturated rings. The molecule has 36 heavy (non-hydrogen) atoms. The normalized spacial score (nSPS) is 17.1. The van der Waals surface area contributed by atoms with Crippen molar-refractivity contribution in [3.05, 3.63) is 107 Å². The number of hydrogen-bond donors (Lipinski definition) is 1. The quantitative estimate of drug-likeness (QED) is 0.267. The number of nitrogens with one attached hydrogen (secondary N) is 1. The molecule has 0 radical (unpaired) electrons. The molecule has 4 aromatic rings. The van der Waals surface area contributed by atoms with Crippen LogP contribution in [0.1, 0.15) is 33.8 Å². The third kappa shape index (κ3) is 4.19. The van der Waals surface area contributed by atoms with Gasteiger partial charge in [-0.15, -0.1) is 0 Å². The number of halogens is 1. The van der Waals surface area contributed by atoms with Gasteiger partial charge in [-0.2, -0.15) is 0 Å². The van der Waals surface area contributed by atoms with Crippen LogP contribution in [-0.2, 0) is 4.74 Å². The molecule has 2 aromatic heterocycles. The molecule has 2 atom stereocenters. The van der Waals surface area contributed by atoms with Gasteiger partial charge < -0.3 is 24.3 Å². The number of ether oxygens (including phenoxy) is 2. The predicted octanol–water partition coefficient (Wildman–Crippen LogP) is 5.50. The Hall–Kier alpha value is -3.88. The zero-order valence-corrected chi connectivity index (χ0v) is 21.2. The Morgan fingerprint density at radius 1 is 1.06 bits per heavy atom. The van der Waals surface area contributed by atoms with E-state index in [1.165, 1.54) is 7.11 Å². The topological polar surface area (TPSA) is 68.6 Å². The van der Waals surface area contributed by atoms with Gasteiger partial charge in [0, 0.05) is 23.8 Å². The number of hydrogen-bond acceptors (Lipinski definition) is 5. The fraction of sp³-hybridized carbons (Fsp3) is 0.148. The Bertz CT molecular complexity index is 1430. The molecule has 1 N–H and O–H groups in total. The van der Waals surface area contributed by atoms with Crippen molar-refractivity contribution in [1.29, 1.82) is 0 Å². The van der Waals surface area contributed by atoms with Gasteiger partial charge in [0.05, 0.1) is 42.2 Å². The van der Waals surface area contributed by atoms with Gasteiger partial charge >= 0.3 is 5.97 Å². The molecule has 1 aliphatic heterocycles. The highest BCUT2D eigenvalue weighted by Crippen LogP contribution is 2.43. The summed E-state index contributed by atoms with van der Waals surface area (Å²) in [6.07, 6.45) is 3.68. The molecular weight excluding hydrogens is 496 g/mol. The summed E-state index contributed by atoms with van der Waals surface area (Å²) in [4.78, 5) is 19.2. The van der Waals surface area contributed by atoms with E-state index < -0.39 is 5.97 Å². The minimum atomic E-state index is -0.412. The molecule has 182 valence electrons. The maximum atomic E-state index is 12.6. The van der Waals surface area contributed by atoms with Crippen molar-refractivity contribution in [3.63, 3.8) is 0 Å². The van der Waals surface area contributed by atoms with Gasteiger partial charge in [-0.3, -0.25) is 4.98 Å². The lowest BCUT2D eigenvalue weighted by Crippen LogP contribution is -2.30. The molecule has 1 saturated heterocycles. The number of carbonyl (C=O) groups is 1. The van der Waals surface area contributed by atoms with Crippen LogP contribution in [0.2, 0.25) is 5.02 Å². The Morgan fingerprint density at radius 2 is 1.86 bits per heavy atom. The molecule has 2 unspecified atom stereocenters. The highest BCUT2D eigenvalue weighted by atomic mass is 35.5. The summed E-state index contributed by atoms with van der Waals surface area (Å²) in [5.41, 5.74) is 3.70. The van der Waals surface area contributed by atoms with Crippen molar-refractivity contribution in [3.8, 4) is 11.4 Å². The van der Waals surface area contributed by atoms with Gasteiger partial charge in [-0.1, -0.05) is 29.8 Å². The van der Waals surface area contributed by atoms with Crippen LogP contribution in [-0.4, -0.2) is 34.9 Å². The van der Waals surface area contributed by atoms with Crippen molar-refractivity contribution < 1.29 is 14.3 Å². The Balaban J connectivity index is 1.69. The molecule has 0 spiro atoms. The third-order valence-corrected chi connectivity index (χ3v) is 6.77. The molecule has 5 rings (SSSR count). The van der Waals surface area contributed by atoms with Gasteiger partial charge in [0.1, 0.15) is 11.8 Å². The Labute approximate surface area is 219 Å². The molecule has 9 heteroatoms. The van der Waals surface area contributed by atoms with Crippen molar-refractivity contribution in [1.82, 2.24) is 14.9 Å². The van der Waals surface area contributed by atoms with E-state index in [0.717, 1.165) is 17.1 Å². The van der Waals surface area contributed by atoms with E-state index in [4.69, 9.17) is 33.3 Å². The summed E-state index contributed by atoms with van der Waals surface area (Å²) in [6.45, 7) is 0. The number of methoxy groups -OCH3 is 2. The second kappa shape index (κ2) is 10.0. The van der Waals surface area contributed by atoms with Crippen molar-refractivity contribution in [2.45, 2.75) is 12.1 Å². The van der Waals surface area contributed by atoms with E-state index >= 15 is 0 Å². The summed E-state index contributed by atoms with van der Waals surface area (Å²) in [6, 6.07) is 22.1. The smallest absolute Gasteiger partial charge is 0.339 e. The summed E-state index contributed by atoms with van der Waals surface area (Å²) in [7, 11) is 2.95. The summed E-state index contributed by atoms with van der Waals surface area (Å²) in [5, 5.41) is 4.46. The maximum Gasteiger partial charge on any atom is 0.339 e. The lowest BCUT2D eigenvalue weighted by atomic mass is 10.0. The first kappa shape index (κ1) is 23.8. The SMILES string of the molecule is COC(=O)c1ccccc1-n1cccc1C1C(c2ccccn2)NC(=S)N1c1ccc(OC)c(Cl)c1. The number of carbonyl (C=O) groups excluding carboxylic acids is 1. The van der Waals surface area contributed by atoms with E-state index in [-0.39, 0.29) is 12.1 Å². The molecule has 0 aliphatic carbocycles. The minimum Gasteiger partial charge on any atom is -0.495 e. The number of thiocarbonyl (C=S) groups is 1. The molecule has 7 nitrogen and oxygen atoms in total. The molecule has 2 aromatic carbocycles. The fourth-order valence-electron chi connectivity index (χ4n) is 4.56. The van der Waals surface area contributed by atoms with E-state index in [9.17, 15) is 4.79 Å². The van der Waals surface area contributed by atoms with Gasteiger partial charge in [0.25, 0.3) is 0 Å². The monoisotopic (exact) mass is 518 g/mol. The van der Waals surface area contributed by atoms with Crippen LogP contribution in [0.15, 0.2) is 85.2 Å². The van der Waals surface area contributed by atoms with E-state index in [2.05, 4.69) is 10.3 Å². The molecular formula is C27H23ClN4O3S. The number of anilines is 1. The molecule has 3 heterocycles. The summed E-state index contributed by atoms with van der Waals surface area (Å²) in [5.74, 6) is 0.164. The van der Waals surface area contributed by atoms with Crippen LogP contribution in [0.4, 0.5) is 5.69 Å². The van der Waals surface area contributed by atoms with Crippen LogP contribution in [0.25, 0.3) is 5.69 Å². The lowest BCUT2D eigenvalue weighted by molar-refractivity contribution is 0.0600. The van der Waals surface area contributed by atoms with Crippen LogP contribution < -0.4 is 15.0 Å². The largest absolute Gasteiger partial charge is 0.495 e. The summed E-state index contributed by atoms with van der Waals surface area (Å²) < 4.78 is 12.4. The van der Waals surface area contributed by atoms with Gasteiger partial charge in [-0.05, 0) is 66.8 Å². The van der Waals surface area contributed by atoms with Gasteiger partial charge in [0.2, 0.25) is 0 Å². The van der Waals surface area contributed by atoms with Crippen LogP contribution in [0.3, 0.4) is 0 Å². The Kier molecular flexibility index (Phi) is 6.63. The number of esters is 1. The number of pyridine rings is 1. The highest BCUT2D eigenvalue weighted by Gasteiger charge is 2.42. The average Bonchev–Trinajstić information content (AvgIpc) is 3.52. The molecule has 0 bridgehead atoms. The minimum absolute atomic E-state index is 0.265. The standard InChI is InChI=1S/C27H23ClN4O3S/c1-34-23-13-12-17(16-19(23)28)32-25(24(30-27(32)36)20-9-5-6-14-29-20)22-11-7-15-31(22)21-10-4-3-8-18(21)26(33)35-2/h3-16,24-25H,1-2H3,(H,30,36). The summed E-state index contributed by atoms with van der Waals surface area (Å²) >= 11 is 12.3. The third-order valence-electron chi connectivity index (χ3n) is 6.16. The van der Waals surface area contributed by atoms with Crippen LogP contribution in [0.5, 0.6) is 5.75 Å². The van der Waals surface area contributed by atoms with E-state index in [0.29, 0.717) is 27.1 Å². The lowest BCUT2D eigenvalue weighted by Gasteiger charge is -2.29. The number of nitrogens with zero attached hydrogens (tertiary/aromatic N) is 3. The van der Waals surface area contributed by atoms with Gasteiger partial charge in [0.15, 0.2) is 5.11 Å². The highest BCUT2D eigenvalue weighted by molar-refractivity contribution is 7.80. The van der Waals surface area contributed by atoms with E-state index in [1.807, 2.05) is 82.4 Å². The zero-order valence-electron chi connectivity index (χ0n) is 19.6. The van der Waals surface area contributed by atoms with E-state index in [1.54, 1.807) is 19.4 Å². The zero-order chi connectivity index (χ0) is 25.2. The second-order valence-electron chi connectivity index (χ2n) is 8.13. The maximum absolute atomic E-state index is 12.6. The van der Waals surface area contributed by atoms with Crippen LogP contribution >= 0.6 is 23.8 Å². The first-order chi connectivity index (χ1) is 17.5. The van der Waals surface area contributed by atoms with Crippen molar-refractivity contribution >= 4 is 40.6 Å². The number of para-hydroxylation sites is 1. The predicted molar refractivity (Wildman–Crippen MR) is 143 cm³/mol. The fourth-order valence-corrected chi connectivity index (χ4v) is 5.16. The van der Waals surface area contributed by atoms with Crippen molar-refractivity contribution in [2.75, 3.05) is 19.1 Å². The first-order valence-electron chi connectivity index (χ1n) is 11.2. The Morgan fingerprint density at radius 3 is 2.58 bits per heavy atom.